The van der Waals surface area contributed by atoms with Gasteiger partial charge in [0.25, 0.3) is 5.91 Å². The molecule has 1 aromatic rings. The Morgan fingerprint density at radius 3 is 2.76 bits per heavy atom. The molecule has 0 saturated heterocycles. The second-order valence-electron chi connectivity index (χ2n) is 3.17. The van der Waals surface area contributed by atoms with Crippen molar-refractivity contribution in [2.24, 2.45) is 0 Å². The van der Waals surface area contributed by atoms with Gasteiger partial charge in [0, 0.05) is 8.60 Å². The van der Waals surface area contributed by atoms with Crippen molar-refractivity contribution in [3.05, 3.63) is 37.9 Å². The van der Waals surface area contributed by atoms with Crippen LogP contribution in [0.3, 0.4) is 0 Å². The van der Waals surface area contributed by atoms with Gasteiger partial charge in [-0.15, -0.1) is 0 Å². The van der Waals surface area contributed by atoms with Crippen molar-refractivity contribution in [2.45, 2.75) is 0 Å². The Bertz CT molecular complexity index is 463. The second kappa shape index (κ2) is 6.47. The van der Waals surface area contributed by atoms with Gasteiger partial charge in [-0.1, -0.05) is 29.8 Å². The molecule has 0 bridgehead atoms. The monoisotopic (exact) mass is 385 g/mol. The Morgan fingerprint density at radius 1 is 1.59 bits per heavy atom. The predicted octanol–water partition coefficient (Wildman–Crippen LogP) is 3.44. The van der Waals surface area contributed by atoms with Gasteiger partial charge in [0.2, 0.25) is 0 Å². The van der Waals surface area contributed by atoms with Gasteiger partial charge in [-0.3, -0.25) is 4.79 Å². The summed E-state index contributed by atoms with van der Waals surface area (Å²) in [5, 5.41) is 3.46. The molecule has 6 heteroatoms. The van der Waals surface area contributed by atoms with Gasteiger partial charge >= 0.3 is 0 Å². The number of rotatable bonds is 4. The van der Waals surface area contributed by atoms with E-state index in [-0.39, 0.29) is 12.5 Å². The second-order valence-corrected chi connectivity index (χ2v) is 5.27. The smallest absolute Gasteiger partial charge is 0.255 e. The summed E-state index contributed by atoms with van der Waals surface area (Å²) in [6, 6.07) is 3.27. The van der Waals surface area contributed by atoms with Crippen LogP contribution < -0.4 is 10.1 Å². The summed E-state index contributed by atoms with van der Waals surface area (Å²) in [4.78, 5) is 11.8. The topological polar surface area (TPSA) is 38.3 Å². The van der Waals surface area contributed by atoms with E-state index < -0.39 is 0 Å². The zero-order chi connectivity index (χ0) is 13.0. The van der Waals surface area contributed by atoms with Gasteiger partial charge in [-0.05, 0) is 34.7 Å². The third-order valence-electron chi connectivity index (χ3n) is 1.93. The third kappa shape index (κ3) is 4.04. The van der Waals surface area contributed by atoms with Crippen LogP contribution in [0.15, 0.2) is 23.7 Å². The number of methoxy groups -OCH3 is 1. The van der Waals surface area contributed by atoms with Crippen molar-refractivity contribution < 1.29 is 9.53 Å². The Labute approximate surface area is 123 Å². The minimum absolute atomic E-state index is 0.202. The van der Waals surface area contributed by atoms with Gasteiger partial charge in [0.05, 0.1) is 24.2 Å². The van der Waals surface area contributed by atoms with E-state index in [2.05, 4.69) is 34.5 Å². The average Bonchev–Trinajstić information content (AvgIpc) is 2.28. The lowest BCUT2D eigenvalue weighted by Gasteiger charge is -2.10. The molecule has 17 heavy (non-hydrogen) atoms. The van der Waals surface area contributed by atoms with Crippen molar-refractivity contribution >= 4 is 51.7 Å². The number of carbonyl (C=O) groups excluding carboxylic acids is 1. The molecular formula is C11H10Cl2INO2. The number of hydrogen-bond donors (Lipinski definition) is 1. The van der Waals surface area contributed by atoms with E-state index in [9.17, 15) is 4.79 Å². The molecule has 3 nitrogen and oxygen atoms in total. The molecule has 0 unspecified atom stereocenters. The minimum atomic E-state index is -0.304. The molecule has 0 fully saturated rings. The lowest BCUT2D eigenvalue weighted by Crippen LogP contribution is -2.25. The van der Waals surface area contributed by atoms with E-state index >= 15 is 0 Å². The maximum atomic E-state index is 11.8. The summed E-state index contributed by atoms with van der Waals surface area (Å²) in [6.45, 7) is 3.69. The fourth-order valence-corrected chi connectivity index (χ4v) is 1.82. The Morgan fingerprint density at radius 2 is 2.24 bits per heavy atom. The summed E-state index contributed by atoms with van der Waals surface area (Å²) in [5.41, 5.74) is 0.371. The van der Waals surface area contributed by atoms with Crippen molar-refractivity contribution in [1.82, 2.24) is 5.32 Å². The number of ether oxygens (including phenoxy) is 1. The van der Waals surface area contributed by atoms with E-state index in [1.165, 1.54) is 7.11 Å². The fraction of sp³-hybridized carbons (Fsp3) is 0.182. The van der Waals surface area contributed by atoms with Crippen LogP contribution in [0.2, 0.25) is 5.02 Å². The maximum Gasteiger partial charge on any atom is 0.255 e. The number of hydrogen-bond acceptors (Lipinski definition) is 2. The highest BCUT2D eigenvalue weighted by molar-refractivity contribution is 14.1. The quantitative estimate of drug-likeness (QED) is 0.806. The van der Waals surface area contributed by atoms with Crippen LogP contribution in [-0.2, 0) is 0 Å². The van der Waals surface area contributed by atoms with E-state index in [1.807, 2.05) is 0 Å². The highest BCUT2D eigenvalue weighted by atomic mass is 127. The Kier molecular flexibility index (Phi) is 5.55. The summed E-state index contributed by atoms with van der Waals surface area (Å²) in [6.07, 6.45) is 0. The van der Waals surface area contributed by atoms with Crippen LogP contribution in [0.4, 0.5) is 0 Å². The van der Waals surface area contributed by atoms with E-state index in [1.54, 1.807) is 12.1 Å². The predicted molar refractivity (Wildman–Crippen MR) is 78.0 cm³/mol. The molecule has 1 amide bonds. The van der Waals surface area contributed by atoms with E-state index in [0.29, 0.717) is 21.4 Å². The van der Waals surface area contributed by atoms with Crippen LogP contribution in [0.25, 0.3) is 0 Å². The van der Waals surface area contributed by atoms with Crippen molar-refractivity contribution in [3.63, 3.8) is 0 Å². The number of benzene rings is 1. The molecule has 0 atom stereocenters. The van der Waals surface area contributed by atoms with Crippen LogP contribution in [0.1, 0.15) is 10.4 Å². The molecule has 92 valence electrons. The first kappa shape index (κ1) is 14.6. The molecular weight excluding hydrogens is 376 g/mol. The normalized spacial score (nSPS) is 9.88. The molecule has 0 aliphatic rings. The molecule has 0 spiro atoms. The maximum absolute atomic E-state index is 11.8. The van der Waals surface area contributed by atoms with E-state index in [0.717, 1.165) is 3.57 Å². The molecule has 0 radical (unpaired) electrons. The molecule has 0 aromatic heterocycles. The molecule has 0 aliphatic heterocycles. The molecule has 0 heterocycles. The highest BCUT2D eigenvalue weighted by Crippen LogP contribution is 2.28. The SMILES string of the molecule is C=C(Cl)CNC(=O)c1cc(Cl)c(I)cc1OC. The van der Waals surface area contributed by atoms with Crippen molar-refractivity contribution in [3.8, 4) is 5.75 Å². The van der Waals surface area contributed by atoms with Gasteiger partial charge in [0.1, 0.15) is 5.75 Å². The third-order valence-corrected chi connectivity index (χ3v) is 3.59. The summed E-state index contributed by atoms with van der Waals surface area (Å²) < 4.78 is 5.95. The van der Waals surface area contributed by atoms with Gasteiger partial charge in [-0.2, -0.15) is 0 Å². The first-order valence-electron chi connectivity index (χ1n) is 4.60. The number of halogens is 3. The first-order chi connectivity index (χ1) is 7.95. The Hall–Kier alpha value is -0.460. The van der Waals surface area contributed by atoms with Crippen molar-refractivity contribution in [1.29, 1.82) is 0 Å². The number of amides is 1. The van der Waals surface area contributed by atoms with Crippen molar-refractivity contribution in [2.75, 3.05) is 13.7 Å². The van der Waals surface area contributed by atoms with Crippen LogP contribution in [-0.4, -0.2) is 19.6 Å². The molecule has 1 rings (SSSR count). The van der Waals surface area contributed by atoms with Gasteiger partial charge in [0.15, 0.2) is 0 Å². The zero-order valence-corrected chi connectivity index (χ0v) is 12.7. The van der Waals surface area contributed by atoms with Crippen LogP contribution >= 0.6 is 45.8 Å². The van der Waals surface area contributed by atoms with Crippen LogP contribution in [0.5, 0.6) is 5.75 Å². The minimum Gasteiger partial charge on any atom is -0.496 e. The summed E-state index contributed by atoms with van der Waals surface area (Å²) in [5.74, 6) is 0.165. The van der Waals surface area contributed by atoms with Gasteiger partial charge in [-0.25, -0.2) is 0 Å². The average molecular weight is 386 g/mol. The molecule has 1 aromatic carbocycles. The number of carbonyl (C=O) groups is 1. The first-order valence-corrected chi connectivity index (χ1v) is 6.43. The Balaban J connectivity index is 2.99. The van der Waals surface area contributed by atoms with E-state index in [4.69, 9.17) is 27.9 Å². The molecule has 1 N–H and O–H groups in total. The zero-order valence-electron chi connectivity index (χ0n) is 9.02. The lowest BCUT2D eigenvalue weighted by molar-refractivity contribution is 0.0954. The van der Waals surface area contributed by atoms with Crippen LogP contribution in [0, 0.1) is 3.57 Å². The fourth-order valence-electron chi connectivity index (χ4n) is 1.15. The summed E-state index contributed by atoms with van der Waals surface area (Å²) in [7, 11) is 1.50. The number of nitrogens with one attached hydrogen (secondary N) is 1. The standard InChI is InChI=1S/C11H10Cl2INO2/c1-6(12)5-15-11(16)7-3-8(13)9(14)4-10(7)17-2/h3-4H,1,5H2,2H3,(H,15,16). The molecule has 0 aliphatic carbocycles. The summed E-state index contributed by atoms with van der Waals surface area (Å²) >= 11 is 13.6. The lowest BCUT2D eigenvalue weighted by atomic mass is 10.2. The highest BCUT2D eigenvalue weighted by Gasteiger charge is 2.14. The van der Waals surface area contributed by atoms with Gasteiger partial charge < -0.3 is 10.1 Å². The largest absolute Gasteiger partial charge is 0.496 e. The molecule has 0 saturated carbocycles.